The molecule has 1 aromatic carbocycles. The number of benzene rings is 1. The molecule has 0 spiro atoms. The highest BCUT2D eigenvalue weighted by molar-refractivity contribution is 5.96. The monoisotopic (exact) mass is 293 g/mol. The Balaban J connectivity index is 3.09. The summed E-state index contributed by atoms with van der Waals surface area (Å²) in [5.41, 5.74) is 0.524. The van der Waals surface area contributed by atoms with Crippen LogP contribution < -0.4 is 0 Å². The highest BCUT2D eigenvalue weighted by atomic mass is 19.1. The van der Waals surface area contributed by atoms with Crippen molar-refractivity contribution in [2.24, 2.45) is 0 Å². The normalized spacial score (nSPS) is 9.90. The van der Waals surface area contributed by atoms with Crippen molar-refractivity contribution in [2.75, 3.05) is 26.3 Å². The molecule has 0 aliphatic rings. The van der Waals surface area contributed by atoms with E-state index in [1.807, 2.05) is 6.92 Å². The molecule has 0 heterocycles. The lowest BCUT2D eigenvalue weighted by Crippen LogP contribution is -2.35. The number of carbonyl (C=O) groups excluding carboxylic acids is 1. The van der Waals surface area contributed by atoms with Crippen molar-refractivity contribution in [1.29, 1.82) is 0 Å². The average molecular weight is 293 g/mol. The summed E-state index contributed by atoms with van der Waals surface area (Å²) >= 11 is 0. The summed E-state index contributed by atoms with van der Waals surface area (Å²) in [6, 6.07) is 3.78. The third kappa shape index (κ3) is 5.18. The topological polar surface area (TPSA) is 60.8 Å². The summed E-state index contributed by atoms with van der Waals surface area (Å²) in [6.07, 6.45) is 1.72. The molecule has 1 rings (SSSR count). The molecule has 2 N–H and O–H groups in total. The molecule has 0 aliphatic heterocycles. The molecule has 114 valence electrons. The van der Waals surface area contributed by atoms with Crippen LogP contribution in [0.15, 0.2) is 18.2 Å². The van der Waals surface area contributed by atoms with Gasteiger partial charge in [0.1, 0.15) is 12.4 Å². The summed E-state index contributed by atoms with van der Waals surface area (Å²) < 4.78 is 13.4. The summed E-state index contributed by atoms with van der Waals surface area (Å²) in [6.45, 7) is 2.22. The van der Waals surface area contributed by atoms with Gasteiger partial charge in [-0.1, -0.05) is 25.2 Å². The van der Waals surface area contributed by atoms with Crippen LogP contribution in [-0.2, 0) is 0 Å². The lowest BCUT2D eigenvalue weighted by atomic mass is 10.1. The van der Waals surface area contributed by atoms with Crippen LogP contribution in [0.4, 0.5) is 4.39 Å². The number of aliphatic hydroxyl groups excluding tert-OH is 2. The van der Waals surface area contributed by atoms with Gasteiger partial charge in [0.05, 0.1) is 12.2 Å². The molecule has 21 heavy (non-hydrogen) atoms. The quantitative estimate of drug-likeness (QED) is 0.780. The van der Waals surface area contributed by atoms with E-state index in [-0.39, 0.29) is 31.2 Å². The Morgan fingerprint density at radius 3 is 2.71 bits per heavy atom. The lowest BCUT2D eigenvalue weighted by Gasteiger charge is -2.22. The van der Waals surface area contributed by atoms with E-state index in [4.69, 9.17) is 10.2 Å². The third-order valence-electron chi connectivity index (χ3n) is 2.95. The van der Waals surface area contributed by atoms with Gasteiger partial charge in [0.15, 0.2) is 0 Å². The molecule has 1 aromatic rings. The van der Waals surface area contributed by atoms with E-state index >= 15 is 0 Å². The summed E-state index contributed by atoms with van der Waals surface area (Å²) in [4.78, 5) is 14.0. The van der Waals surface area contributed by atoms with Gasteiger partial charge in [-0.2, -0.15) is 0 Å². The second-order valence-corrected chi connectivity index (χ2v) is 4.52. The van der Waals surface area contributed by atoms with Gasteiger partial charge in [0, 0.05) is 18.7 Å². The zero-order valence-electron chi connectivity index (χ0n) is 12.1. The Bertz CT molecular complexity index is 534. The maximum Gasteiger partial charge on any atom is 0.255 e. The molecule has 0 radical (unpaired) electrons. The zero-order chi connectivity index (χ0) is 15.7. The number of amides is 1. The van der Waals surface area contributed by atoms with E-state index in [2.05, 4.69) is 11.8 Å². The predicted molar refractivity (Wildman–Crippen MR) is 78.3 cm³/mol. The molecule has 0 saturated carbocycles. The molecule has 0 atom stereocenters. The molecular formula is C16H20FNO3. The number of halogens is 1. The number of nitrogens with zero attached hydrogens (tertiary/aromatic N) is 1. The number of hydrogen-bond donors (Lipinski definition) is 2. The van der Waals surface area contributed by atoms with E-state index in [9.17, 15) is 9.18 Å². The number of hydrogen-bond acceptors (Lipinski definition) is 3. The zero-order valence-corrected chi connectivity index (χ0v) is 12.1. The molecule has 0 fully saturated rings. The third-order valence-corrected chi connectivity index (χ3v) is 2.95. The summed E-state index contributed by atoms with van der Waals surface area (Å²) in [5, 5.41) is 17.8. The summed E-state index contributed by atoms with van der Waals surface area (Å²) in [7, 11) is 0. The lowest BCUT2D eigenvalue weighted by molar-refractivity contribution is 0.0718. The van der Waals surface area contributed by atoms with Gasteiger partial charge in [0.25, 0.3) is 5.91 Å². The predicted octanol–water partition coefficient (Wildman–Crippen LogP) is 1.40. The Morgan fingerprint density at radius 1 is 1.33 bits per heavy atom. The Labute approximate surface area is 124 Å². The first-order valence-corrected chi connectivity index (χ1v) is 6.93. The van der Waals surface area contributed by atoms with Crippen molar-refractivity contribution < 1.29 is 19.4 Å². The number of rotatable bonds is 6. The van der Waals surface area contributed by atoms with Gasteiger partial charge in [-0.15, -0.1) is 0 Å². The molecule has 0 aliphatic carbocycles. The van der Waals surface area contributed by atoms with Crippen molar-refractivity contribution >= 4 is 5.91 Å². The minimum absolute atomic E-state index is 0.150. The Hall–Kier alpha value is -1.90. The first-order valence-electron chi connectivity index (χ1n) is 6.93. The number of unbranched alkanes of at least 4 members (excludes halogenated alkanes) is 1. The van der Waals surface area contributed by atoms with Crippen molar-refractivity contribution in [3.63, 3.8) is 0 Å². The fourth-order valence-corrected chi connectivity index (χ4v) is 1.89. The van der Waals surface area contributed by atoms with Crippen molar-refractivity contribution in [3.05, 3.63) is 35.1 Å². The van der Waals surface area contributed by atoms with Crippen LogP contribution in [0.1, 0.15) is 35.7 Å². The van der Waals surface area contributed by atoms with Gasteiger partial charge in [-0.05, 0) is 24.6 Å². The smallest absolute Gasteiger partial charge is 0.255 e. The van der Waals surface area contributed by atoms with E-state index in [1.165, 1.54) is 17.0 Å². The molecule has 5 heteroatoms. The second kappa shape index (κ2) is 9.11. The van der Waals surface area contributed by atoms with Crippen LogP contribution in [0, 0.1) is 17.7 Å². The minimum atomic E-state index is -0.521. The second-order valence-electron chi connectivity index (χ2n) is 4.52. The maximum atomic E-state index is 13.4. The van der Waals surface area contributed by atoms with Crippen LogP contribution in [0.2, 0.25) is 0 Å². The molecule has 4 nitrogen and oxygen atoms in total. The van der Waals surface area contributed by atoms with Gasteiger partial charge >= 0.3 is 0 Å². The van der Waals surface area contributed by atoms with Crippen LogP contribution in [-0.4, -0.2) is 47.3 Å². The van der Waals surface area contributed by atoms with Gasteiger partial charge in [-0.3, -0.25) is 4.79 Å². The molecular weight excluding hydrogens is 273 g/mol. The van der Waals surface area contributed by atoms with Gasteiger partial charge < -0.3 is 15.1 Å². The van der Waals surface area contributed by atoms with Gasteiger partial charge in [0.2, 0.25) is 0 Å². The molecule has 0 saturated heterocycles. The number of carbonyl (C=O) groups is 1. The van der Waals surface area contributed by atoms with Crippen LogP contribution in [0.5, 0.6) is 0 Å². The molecule has 0 bridgehead atoms. The largest absolute Gasteiger partial charge is 0.395 e. The standard InChI is InChI=1S/C16H20FNO3/c1-2-3-8-18(9-11-20)16(21)15-12-14(17)7-6-13(15)5-4-10-19/h6-7,12,19-20H,2-3,8-11H2,1H3. The van der Waals surface area contributed by atoms with Crippen LogP contribution >= 0.6 is 0 Å². The maximum absolute atomic E-state index is 13.4. The molecule has 0 unspecified atom stereocenters. The van der Waals surface area contributed by atoms with Crippen molar-refractivity contribution in [1.82, 2.24) is 4.90 Å². The highest BCUT2D eigenvalue weighted by Gasteiger charge is 2.18. The summed E-state index contributed by atoms with van der Waals surface area (Å²) in [5.74, 6) is 4.22. The van der Waals surface area contributed by atoms with Crippen LogP contribution in [0.3, 0.4) is 0 Å². The van der Waals surface area contributed by atoms with E-state index < -0.39 is 5.82 Å². The average Bonchev–Trinajstić information content (AvgIpc) is 2.49. The Morgan fingerprint density at radius 2 is 2.10 bits per heavy atom. The van der Waals surface area contributed by atoms with Crippen molar-refractivity contribution in [2.45, 2.75) is 19.8 Å². The van der Waals surface area contributed by atoms with Crippen molar-refractivity contribution in [3.8, 4) is 11.8 Å². The highest BCUT2D eigenvalue weighted by Crippen LogP contribution is 2.14. The first-order chi connectivity index (χ1) is 10.1. The van der Waals surface area contributed by atoms with E-state index in [1.54, 1.807) is 0 Å². The molecule has 1 amide bonds. The first kappa shape index (κ1) is 17.2. The van der Waals surface area contributed by atoms with Crippen LogP contribution in [0.25, 0.3) is 0 Å². The SMILES string of the molecule is CCCCN(CCO)C(=O)c1cc(F)ccc1C#CCO. The Kier molecular flexibility index (Phi) is 7.44. The minimum Gasteiger partial charge on any atom is -0.395 e. The fraction of sp³-hybridized carbons (Fsp3) is 0.438. The van der Waals surface area contributed by atoms with E-state index in [0.717, 1.165) is 18.9 Å². The fourth-order valence-electron chi connectivity index (χ4n) is 1.89. The van der Waals surface area contributed by atoms with E-state index in [0.29, 0.717) is 12.1 Å². The molecule has 0 aromatic heterocycles. The van der Waals surface area contributed by atoms with Gasteiger partial charge in [-0.25, -0.2) is 4.39 Å². The number of aliphatic hydroxyl groups is 2.